The summed E-state index contributed by atoms with van der Waals surface area (Å²) in [4.78, 5) is 14.6. The molecule has 2 heterocycles. The van der Waals surface area contributed by atoms with Crippen molar-refractivity contribution in [2.75, 3.05) is 19.7 Å². The fourth-order valence-electron chi connectivity index (χ4n) is 4.66. The van der Waals surface area contributed by atoms with Gasteiger partial charge in [-0.25, -0.2) is 4.39 Å². The summed E-state index contributed by atoms with van der Waals surface area (Å²) < 4.78 is 19.0. The molecule has 0 N–H and O–H groups in total. The Morgan fingerprint density at radius 2 is 1.88 bits per heavy atom. The third-order valence-corrected chi connectivity index (χ3v) is 5.98. The Bertz CT molecular complexity index is 588. The Balaban J connectivity index is 1.28. The first-order valence-corrected chi connectivity index (χ1v) is 9.28. The van der Waals surface area contributed by atoms with Crippen LogP contribution >= 0.6 is 0 Å². The van der Waals surface area contributed by atoms with E-state index in [0.29, 0.717) is 5.91 Å². The molecule has 1 aliphatic carbocycles. The highest BCUT2D eigenvalue weighted by Crippen LogP contribution is 2.43. The molecule has 3 nitrogen and oxygen atoms in total. The van der Waals surface area contributed by atoms with Crippen LogP contribution in [0.4, 0.5) is 4.39 Å². The Hall–Kier alpha value is -1.42. The maximum Gasteiger partial charge on any atom is 0.225 e. The second-order valence-corrected chi connectivity index (χ2v) is 8.00. The molecule has 1 unspecified atom stereocenters. The van der Waals surface area contributed by atoms with Gasteiger partial charge in [-0.1, -0.05) is 31.4 Å². The van der Waals surface area contributed by atoms with Crippen LogP contribution in [-0.2, 0) is 16.0 Å². The number of halogens is 1. The molecule has 24 heavy (non-hydrogen) atoms. The van der Waals surface area contributed by atoms with Gasteiger partial charge >= 0.3 is 0 Å². The number of ether oxygens (including phenoxy) is 1. The Labute approximate surface area is 143 Å². The van der Waals surface area contributed by atoms with Crippen LogP contribution in [0.5, 0.6) is 0 Å². The number of nitrogens with zero attached hydrogens (tertiary/aromatic N) is 1. The van der Waals surface area contributed by atoms with Crippen LogP contribution in [0, 0.1) is 17.2 Å². The minimum Gasteiger partial charge on any atom is -0.377 e. The van der Waals surface area contributed by atoms with Crippen molar-refractivity contribution in [3.05, 3.63) is 35.6 Å². The quantitative estimate of drug-likeness (QED) is 0.847. The molecule has 130 valence electrons. The van der Waals surface area contributed by atoms with Crippen LogP contribution < -0.4 is 0 Å². The average molecular weight is 331 g/mol. The van der Waals surface area contributed by atoms with E-state index >= 15 is 0 Å². The van der Waals surface area contributed by atoms with Gasteiger partial charge in [0.05, 0.1) is 12.7 Å². The predicted octanol–water partition coefficient (Wildman–Crippen LogP) is 3.57. The van der Waals surface area contributed by atoms with Gasteiger partial charge in [0.15, 0.2) is 0 Å². The van der Waals surface area contributed by atoms with Crippen molar-refractivity contribution in [3.63, 3.8) is 0 Å². The number of hydrogen-bond acceptors (Lipinski definition) is 2. The van der Waals surface area contributed by atoms with Crippen molar-refractivity contribution in [1.82, 2.24) is 4.90 Å². The Kier molecular flexibility index (Phi) is 4.33. The van der Waals surface area contributed by atoms with Gasteiger partial charge in [0, 0.05) is 24.4 Å². The lowest BCUT2D eigenvalue weighted by Crippen LogP contribution is -2.60. The number of carbonyl (C=O) groups is 1. The molecule has 1 aromatic carbocycles. The monoisotopic (exact) mass is 331 g/mol. The maximum absolute atomic E-state index is 13.0. The topological polar surface area (TPSA) is 29.5 Å². The highest BCUT2D eigenvalue weighted by Gasteiger charge is 2.51. The normalized spacial score (nSPS) is 26.5. The molecule has 1 aromatic rings. The molecular formula is C20H26FNO2. The highest BCUT2D eigenvalue weighted by atomic mass is 19.1. The number of rotatable bonds is 3. The first-order valence-electron chi connectivity index (χ1n) is 9.28. The molecule has 3 aliphatic rings. The fourth-order valence-corrected chi connectivity index (χ4v) is 4.66. The van der Waals surface area contributed by atoms with E-state index < -0.39 is 0 Å². The van der Waals surface area contributed by atoms with E-state index in [1.54, 1.807) is 0 Å². The van der Waals surface area contributed by atoms with Gasteiger partial charge in [-0.15, -0.1) is 0 Å². The molecule has 0 bridgehead atoms. The standard InChI is InChI=1S/C20H26FNO2/c21-17-8-6-15(7-9-17)10-18-11-20(14-24-18)12-22(13-20)19(23)16-4-2-1-3-5-16/h6-9,16,18H,1-5,10-14H2. The zero-order valence-corrected chi connectivity index (χ0v) is 14.2. The van der Waals surface area contributed by atoms with E-state index in [-0.39, 0.29) is 23.3 Å². The van der Waals surface area contributed by atoms with Gasteiger partial charge in [0.2, 0.25) is 5.91 Å². The summed E-state index contributed by atoms with van der Waals surface area (Å²) in [7, 11) is 0. The fraction of sp³-hybridized carbons (Fsp3) is 0.650. The number of amides is 1. The third kappa shape index (κ3) is 3.21. The largest absolute Gasteiger partial charge is 0.377 e. The molecule has 4 heteroatoms. The van der Waals surface area contributed by atoms with Crippen LogP contribution in [-0.4, -0.2) is 36.6 Å². The minimum absolute atomic E-state index is 0.176. The number of benzene rings is 1. The predicted molar refractivity (Wildman–Crippen MR) is 90.0 cm³/mol. The van der Waals surface area contributed by atoms with Crippen molar-refractivity contribution in [1.29, 1.82) is 0 Å². The van der Waals surface area contributed by atoms with Crippen molar-refractivity contribution in [2.45, 2.75) is 51.0 Å². The van der Waals surface area contributed by atoms with Gasteiger partial charge < -0.3 is 9.64 Å². The average Bonchev–Trinajstić information content (AvgIpc) is 3.00. The summed E-state index contributed by atoms with van der Waals surface area (Å²) in [5.74, 6) is 0.453. The van der Waals surface area contributed by atoms with Crippen molar-refractivity contribution in [3.8, 4) is 0 Å². The van der Waals surface area contributed by atoms with E-state index in [4.69, 9.17) is 4.74 Å². The van der Waals surface area contributed by atoms with Crippen molar-refractivity contribution in [2.24, 2.45) is 11.3 Å². The summed E-state index contributed by atoms with van der Waals surface area (Å²) >= 11 is 0. The summed E-state index contributed by atoms with van der Waals surface area (Å²) in [6.45, 7) is 2.48. The summed E-state index contributed by atoms with van der Waals surface area (Å²) in [6.07, 6.45) is 7.89. The first kappa shape index (κ1) is 16.1. The molecule has 1 spiro atoms. The van der Waals surface area contributed by atoms with E-state index in [0.717, 1.165) is 50.9 Å². The molecule has 1 amide bonds. The van der Waals surface area contributed by atoms with Gasteiger partial charge in [0.1, 0.15) is 5.82 Å². The van der Waals surface area contributed by atoms with E-state index in [1.165, 1.54) is 31.4 Å². The van der Waals surface area contributed by atoms with Gasteiger partial charge in [-0.3, -0.25) is 4.79 Å². The van der Waals surface area contributed by atoms with Crippen LogP contribution in [0.15, 0.2) is 24.3 Å². The van der Waals surface area contributed by atoms with Gasteiger partial charge in [-0.05, 0) is 43.4 Å². The third-order valence-electron chi connectivity index (χ3n) is 5.98. The van der Waals surface area contributed by atoms with Crippen LogP contribution in [0.25, 0.3) is 0 Å². The highest BCUT2D eigenvalue weighted by molar-refractivity contribution is 5.80. The molecule has 0 radical (unpaired) electrons. The molecular weight excluding hydrogens is 305 g/mol. The first-order chi connectivity index (χ1) is 11.6. The number of hydrogen-bond donors (Lipinski definition) is 0. The molecule has 1 saturated carbocycles. The second kappa shape index (κ2) is 6.47. The second-order valence-electron chi connectivity index (χ2n) is 8.00. The van der Waals surface area contributed by atoms with Crippen molar-refractivity contribution < 1.29 is 13.9 Å². The molecule has 3 fully saturated rings. The van der Waals surface area contributed by atoms with Crippen LogP contribution in [0.1, 0.15) is 44.1 Å². The maximum atomic E-state index is 13.0. The lowest BCUT2D eigenvalue weighted by Gasteiger charge is -2.48. The SMILES string of the molecule is O=C(C1CCCCC1)N1CC2(COC(Cc3ccc(F)cc3)C2)C1. The number of likely N-dealkylation sites (tertiary alicyclic amines) is 1. The lowest BCUT2D eigenvalue weighted by atomic mass is 9.76. The summed E-state index contributed by atoms with van der Waals surface area (Å²) in [5.41, 5.74) is 1.29. The zero-order chi connectivity index (χ0) is 16.6. The minimum atomic E-state index is -0.196. The van der Waals surface area contributed by atoms with Crippen LogP contribution in [0.2, 0.25) is 0 Å². The smallest absolute Gasteiger partial charge is 0.225 e. The van der Waals surface area contributed by atoms with Gasteiger partial charge in [0.25, 0.3) is 0 Å². The zero-order valence-electron chi connectivity index (χ0n) is 14.2. The number of carbonyl (C=O) groups excluding carboxylic acids is 1. The summed E-state index contributed by atoms with van der Waals surface area (Å²) in [5, 5.41) is 0. The van der Waals surface area contributed by atoms with E-state index in [2.05, 4.69) is 4.90 Å². The van der Waals surface area contributed by atoms with Crippen LogP contribution in [0.3, 0.4) is 0 Å². The Morgan fingerprint density at radius 1 is 1.17 bits per heavy atom. The van der Waals surface area contributed by atoms with Crippen molar-refractivity contribution >= 4 is 5.91 Å². The summed E-state index contributed by atoms with van der Waals surface area (Å²) in [6, 6.07) is 6.69. The van der Waals surface area contributed by atoms with E-state index in [1.807, 2.05) is 12.1 Å². The van der Waals surface area contributed by atoms with Gasteiger partial charge in [-0.2, -0.15) is 0 Å². The Morgan fingerprint density at radius 3 is 2.58 bits per heavy atom. The molecule has 4 rings (SSSR count). The molecule has 2 aliphatic heterocycles. The molecule has 0 aromatic heterocycles. The molecule has 1 atom stereocenters. The lowest BCUT2D eigenvalue weighted by molar-refractivity contribution is -0.149. The molecule has 2 saturated heterocycles. The van der Waals surface area contributed by atoms with E-state index in [9.17, 15) is 9.18 Å².